The number of para-hydroxylation sites is 1. The minimum absolute atomic E-state index is 0.000850. The summed E-state index contributed by atoms with van der Waals surface area (Å²) in [5, 5.41) is 1.22. The summed E-state index contributed by atoms with van der Waals surface area (Å²) in [7, 11) is 0. The van der Waals surface area contributed by atoms with Gasteiger partial charge in [-0.25, -0.2) is 15.0 Å². The number of aromatic nitrogens is 4. The SMILES string of the molecule is O=c1c2ccccc2nc(C2CCCN2c2ncc(Cl)cn2)n1C1CCCC1. The molecule has 1 aliphatic carbocycles. The second-order valence-corrected chi connectivity index (χ2v) is 8.09. The van der Waals surface area contributed by atoms with Crippen LogP contribution in [0.5, 0.6) is 0 Å². The van der Waals surface area contributed by atoms with E-state index in [9.17, 15) is 4.79 Å². The molecule has 7 heteroatoms. The van der Waals surface area contributed by atoms with Crippen molar-refractivity contribution in [3.63, 3.8) is 0 Å². The van der Waals surface area contributed by atoms with E-state index in [0.29, 0.717) is 16.4 Å². The number of benzene rings is 1. The van der Waals surface area contributed by atoms with Crippen LogP contribution in [-0.4, -0.2) is 26.1 Å². The third kappa shape index (κ3) is 2.96. The maximum absolute atomic E-state index is 13.4. The number of rotatable bonds is 3. The van der Waals surface area contributed by atoms with Gasteiger partial charge in [0.15, 0.2) is 0 Å². The molecule has 1 saturated heterocycles. The largest absolute Gasteiger partial charge is 0.331 e. The van der Waals surface area contributed by atoms with Crippen LogP contribution in [0, 0.1) is 0 Å². The molecule has 0 amide bonds. The van der Waals surface area contributed by atoms with Gasteiger partial charge in [0.2, 0.25) is 5.95 Å². The zero-order chi connectivity index (χ0) is 19.1. The van der Waals surface area contributed by atoms with Crippen LogP contribution >= 0.6 is 11.6 Å². The first-order valence-electron chi connectivity index (χ1n) is 9.98. The lowest BCUT2D eigenvalue weighted by atomic mass is 10.1. The van der Waals surface area contributed by atoms with E-state index in [1.165, 1.54) is 0 Å². The maximum Gasteiger partial charge on any atom is 0.261 e. The number of hydrogen-bond acceptors (Lipinski definition) is 5. The van der Waals surface area contributed by atoms with E-state index < -0.39 is 0 Å². The minimum Gasteiger partial charge on any atom is -0.331 e. The van der Waals surface area contributed by atoms with Gasteiger partial charge < -0.3 is 4.90 Å². The number of halogens is 1. The van der Waals surface area contributed by atoms with Crippen molar-refractivity contribution in [1.29, 1.82) is 0 Å². The lowest BCUT2D eigenvalue weighted by Crippen LogP contribution is -2.34. The zero-order valence-corrected chi connectivity index (χ0v) is 16.3. The predicted octanol–water partition coefficient (Wildman–Crippen LogP) is 4.30. The van der Waals surface area contributed by atoms with Crippen LogP contribution in [0.3, 0.4) is 0 Å². The summed E-state index contributed by atoms with van der Waals surface area (Å²) in [6, 6.07) is 7.89. The first kappa shape index (κ1) is 17.6. The van der Waals surface area contributed by atoms with Crippen molar-refractivity contribution in [1.82, 2.24) is 19.5 Å². The van der Waals surface area contributed by atoms with Crippen LogP contribution < -0.4 is 10.5 Å². The van der Waals surface area contributed by atoms with Crippen LogP contribution in [0.25, 0.3) is 10.9 Å². The van der Waals surface area contributed by atoms with Gasteiger partial charge in [-0.15, -0.1) is 0 Å². The molecule has 1 atom stereocenters. The van der Waals surface area contributed by atoms with Crippen LogP contribution in [0.15, 0.2) is 41.5 Å². The molecule has 1 unspecified atom stereocenters. The molecule has 3 aromatic rings. The van der Waals surface area contributed by atoms with E-state index in [0.717, 1.165) is 56.4 Å². The van der Waals surface area contributed by atoms with Gasteiger partial charge in [-0.05, 0) is 37.8 Å². The van der Waals surface area contributed by atoms with Gasteiger partial charge in [0.05, 0.1) is 34.4 Å². The molecule has 0 spiro atoms. The molecular formula is C21H22ClN5O. The summed E-state index contributed by atoms with van der Waals surface area (Å²) in [6.45, 7) is 0.847. The Morgan fingerprint density at radius 1 is 1.00 bits per heavy atom. The number of nitrogens with zero attached hydrogens (tertiary/aromatic N) is 5. The highest BCUT2D eigenvalue weighted by Crippen LogP contribution is 2.37. The Bertz CT molecular complexity index is 1060. The topological polar surface area (TPSA) is 63.9 Å². The van der Waals surface area contributed by atoms with Crippen LogP contribution in [-0.2, 0) is 0 Å². The van der Waals surface area contributed by atoms with Gasteiger partial charge in [-0.3, -0.25) is 9.36 Å². The number of anilines is 1. The summed E-state index contributed by atoms with van der Waals surface area (Å²) in [5.41, 5.74) is 0.844. The molecule has 144 valence electrons. The Morgan fingerprint density at radius 2 is 1.75 bits per heavy atom. The standard InChI is InChI=1S/C21H22ClN5O/c22-14-12-23-21(24-13-14)26-11-5-10-18(26)19-25-17-9-4-3-8-16(17)20(28)27(19)15-6-1-2-7-15/h3-4,8-9,12-13,15,18H,1-2,5-7,10-11H2. The molecule has 0 bridgehead atoms. The third-order valence-electron chi connectivity index (χ3n) is 5.94. The molecule has 28 heavy (non-hydrogen) atoms. The van der Waals surface area contributed by atoms with E-state index >= 15 is 0 Å². The van der Waals surface area contributed by atoms with E-state index in [1.54, 1.807) is 12.4 Å². The molecule has 2 fully saturated rings. The molecule has 2 aliphatic rings. The fourth-order valence-corrected chi connectivity index (χ4v) is 4.74. The molecule has 2 aromatic heterocycles. The molecule has 0 radical (unpaired) electrons. The van der Waals surface area contributed by atoms with Crippen molar-refractivity contribution in [3.8, 4) is 0 Å². The monoisotopic (exact) mass is 395 g/mol. The normalized spacial score (nSPS) is 20.3. The summed E-state index contributed by atoms with van der Waals surface area (Å²) in [6.07, 6.45) is 9.60. The van der Waals surface area contributed by atoms with Gasteiger partial charge in [0.1, 0.15) is 5.82 Å². The average molecular weight is 396 g/mol. The van der Waals surface area contributed by atoms with Crippen LogP contribution in [0.4, 0.5) is 5.95 Å². The minimum atomic E-state index is -0.000850. The third-order valence-corrected chi connectivity index (χ3v) is 6.13. The smallest absolute Gasteiger partial charge is 0.261 e. The first-order chi connectivity index (χ1) is 13.7. The number of hydrogen-bond donors (Lipinski definition) is 0. The van der Waals surface area contributed by atoms with Crippen molar-refractivity contribution in [2.24, 2.45) is 0 Å². The summed E-state index contributed by atoms with van der Waals surface area (Å²) < 4.78 is 1.98. The van der Waals surface area contributed by atoms with Gasteiger partial charge in [0.25, 0.3) is 5.56 Å². The van der Waals surface area contributed by atoms with E-state index in [4.69, 9.17) is 16.6 Å². The van der Waals surface area contributed by atoms with Crippen molar-refractivity contribution in [2.45, 2.75) is 50.6 Å². The molecule has 5 rings (SSSR count). The van der Waals surface area contributed by atoms with Crippen molar-refractivity contribution in [3.05, 3.63) is 57.9 Å². The second kappa shape index (κ2) is 7.17. The molecule has 1 saturated carbocycles. The van der Waals surface area contributed by atoms with E-state index in [1.807, 2.05) is 28.8 Å². The molecule has 1 aromatic carbocycles. The Labute approximate surface area is 168 Å². The average Bonchev–Trinajstić information content (AvgIpc) is 3.40. The quantitative estimate of drug-likeness (QED) is 0.661. The van der Waals surface area contributed by atoms with E-state index in [-0.39, 0.29) is 17.6 Å². The molecular weight excluding hydrogens is 374 g/mol. The highest BCUT2D eigenvalue weighted by molar-refractivity contribution is 6.30. The summed E-state index contributed by atoms with van der Waals surface area (Å²) in [5.74, 6) is 1.50. The Hall–Kier alpha value is -2.47. The Kier molecular flexibility index (Phi) is 4.51. The summed E-state index contributed by atoms with van der Waals surface area (Å²) >= 11 is 5.97. The number of fused-ring (bicyclic) bond motifs is 1. The second-order valence-electron chi connectivity index (χ2n) is 7.65. The maximum atomic E-state index is 13.4. The van der Waals surface area contributed by atoms with Gasteiger partial charge in [-0.2, -0.15) is 0 Å². The van der Waals surface area contributed by atoms with Gasteiger partial charge in [0, 0.05) is 12.6 Å². The van der Waals surface area contributed by atoms with Crippen molar-refractivity contribution < 1.29 is 0 Å². The van der Waals surface area contributed by atoms with Crippen molar-refractivity contribution >= 4 is 28.5 Å². The fourth-order valence-electron chi connectivity index (χ4n) is 4.64. The van der Waals surface area contributed by atoms with Crippen LogP contribution in [0.2, 0.25) is 5.02 Å². The lowest BCUT2D eigenvalue weighted by Gasteiger charge is -2.28. The van der Waals surface area contributed by atoms with Crippen LogP contribution in [0.1, 0.15) is 56.4 Å². The summed E-state index contributed by atoms with van der Waals surface area (Å²) in [4.78, 5) is 29.4. The van der Waals surface area contributed by atoms with E-state index in [2.05, 4.69) is 14.9 Å². The Morgan fingerprint density at radius 3 is 2.54 bits per heavy atom. The molecule has 0 N–H and O–H groups in total. The highest BCUT2D eigenvalue weighted by atomic mass is 35.5. The molecule has 6 nitrogen and oxygen atoms in total. The van der Waals surface area contributed by atoms with Gasteiger partial charge in [-0.1, -0.05) is 36.6 Å². The molecule has 1 aliphatic heterocycles. The first-order valence-corrected chi connectivity index (χ1v) is 10.4. The zero-order valence-electron chi connectivity index (χ0n) is 15.6. The van der Waals surface area contributed by atoms with Crippen molar-refractivity contribution in [2.75, 3.05) is 11.4 Å². The lowest BCUT2D eigenvalue weighted by molar-refractivity contribution is 0.453. The highest BCUT2D eigenvalue weighted by Gasteiger charge is 2.34. The molecule has 3 heterocycles. The fraction of sp³-hybridized carbons (Fsp3) is 0.429. The van der Waals surface area contributed by atoms with Gasteiger partial charge >= 0.3 is 0 Å². The Balaban J connectivity index is 1.67. The predicted molar refractivity (Wildman–Crippen MR) is 110 cm³/mol.